The standard InChI is InChI=1S/C4F8.C4H10O/c5-1(6)2(7,8)4(11,12)3(1,9)10;1-3-5-4-2/h;3-4H2,1-2H3. The van der Waals surface area contributed by atoms with Crippen LogP contribution in [-0.2, 0) is 4.74 Å². The van der Waals surface area contributed by atoms with Crippen LogP contribution in [0, 0.1) is 0 Å². The number of ether oxygens (including phenoxy) is 1. The first kappa shape index (κ1) is 16.4. The third-order valence-corrected chi connectivity index (χ3v) is 1.99. The second-order valence-electron chi connectivity index (χ2n) is 3.08. The zero-order chi connectivity index (χ0) is 14.1. The molecule has 0 N–H and O–H groups in total. The summed E-state index contributed by atoms with van der Waals surface area (Å²) in [5.41, 5.74) is 0. The molecule has 0 aromatic heterocycles. The van der Waals surface area contributed by atoms with Gasteiger partial charge in [0.2, 0.25) is 0 Å². The van der Waals surface area contributed by atoms with Gasteiger partial charge in [0.25, 0.3) is 0 Å². The summed E-state index contributed by atoms with van der Waals surface area (Å²) in [6.07, 6.45) is 0. The molecule has 0 spiro atoms. The molecule has 1 aliphatic rings. The Bertz CT molecular complexity index is 196. The van der Waals surface area contributed by atoms with E-state index < -0.39 is 23.7 Å². The van der Waals surface area contributed by atoms with Crippen LogP contribution >= 0.6 is 0 Å². The van der Waals surface area contributed by atoms with Gasteiger partial charge in [-0.25, -0.2) is 0 Å². The third kappa shape index (κ3) is 1.98. The van der Waals surface area contributed by atoms with Crippen molar-refractivity contribution in [1.29, 1.82) is 0 Å². The lowest BCUT2D eigenvalue weighted by atomic mass is 9.80. The van der Waals surface area contributed by atoms with Gasteiger partial charge >= 0.3 is 23.7 Å². The topological polar surface area (TPSA) is 9.23 Å². The van der Waals surface area contributed by atoms with Crippen LogP contribution < -0.4 is 0 Å². The highest BCUT2D eigenvalue weighted by molar-refractivity contribution is 5.22. The van der Waals surface area contributed by atoms with E-state index >= 15 is 0 Å². The fraction of sp³-hybridized carbons (Fsp3) is 1.00. The Morgan fingerprint density at radius 3 is 0.824 bits per heavy atom. The molecule has 0 bridgehead atoms. The minimum atomic E-state index is -5.97. The maximum absolute atomic E-state index is 11.6. The van der Waals surface area contributed by atoms with E-state index in [0.717, 1.165) is 13.2 Å². The summed E-state index contributed by atoms with van der Waals surface area (Å²) in [5, 5.41) is 0. The van der Waals surface area contributed by atoms with Crippen LogP contribution in [0.5, 0.6) is 0 Å². The first-order valence-electron chi connectivity index (χ1n) is 4.50. The lowest BCUT2D eigenvalue weighted by Crippen LogP contribution is -2.82. The minimum absolute atomic E-state index is 0.844. The molecule has 0 heterocycles. The van der Waals surface area contributed by atoms with E-state index in [-0.39, 0.29) is 0 Å². The third-order valence-electron chi connectivity index (χ3n) is 1.99. The predicted octanol–water partition coefficient (Wildman–Crippen LogP) is 3.58. The van der Waals surface area contributed by atoms with Crippen molar-refractivity contribution in [3.05, 3.63) is 0 Å². The number of halogens is 8. The van der Waals surface area contributed by atoms with Crippen LogP contribution in [0.15, 0.2) is 0 Å². The molecule has 0 aliphatic heterocycles. The van der Waals surface area contributed by atoms with Gasteiger partial charge in [0.15, 0.2) is 0 Å². The molecule has 0 radical (unpaired) electrons. The average Bonchev–Trinajstić information content (AvgIpc) is 2.18. The van der Waals surface area contributed by atoms with E-state index in [4.69, 9.17) is 4.74 Å². The van der Waals surface area contributed by atoms with E-state index in [1.54, 1.807) is 0 Å². The van der Waals surface area contributed by atoms with Gasteiger partial charge in [0, 0.05) is 13.2 Å². The molecule has 0 unspecified atom stereocenters. The summed E-state index contributed by atoms with van der Waals surface area (Å²) in [6.45, 7) is 5.67. The van der Waals surface area contributed by atoms with Crippen molar-refractivity contribution in [3.8, 4) is 0 Å². The Kier molecular flexibility index (Phi) is 4.42. The molecule has 1 fully saturated rings. The number of alkyl halides is 8. The summed E-state index contributed by atoms with van der Waals surface area (Å²) in [6, 6.07) is 0. The van der Waals surface area contributed by atoms with Crippen LogP contribution in [0.4, 0.5) is 35.1 Å². The van der Waals surface area contributed by atoms with Crippen molar-refractivity contribution >= 4 is 0 Å². The van der Waals surface area contributed by atoms with Crippen LogP contribution in [0.25, 0.3) is 0 Å². The van der Waals surface area contributed by atoms with Crippen LogP contribution in [0.1, 0.15) is 13.8 Å². The molecule has 1 aliphatic carbocycles. The summed E-state index contributed by atoms with van der Waals surface area (Å²) in [5.74, 6) is -23.9. The normalized spacial score (nSPS) is 26.5. The van der Waals surface area contributed by atoms with Crippen molar-refractivity contribution in [1.82, 2.24) is 0 Å². The SMILES string of the molecule is CCOCC.FC1(F)C(F)(F)C(F)(F)C1(F)F. The molecule has 0 atom stereocenters. The molecule has 1 rings (SSSR count). The van der Waals surface area contributed by atoms with E-state index in [1.807, 2.05) is 13.8 Å². The Labute approximate surface area is 91.7 Å². The maximum Gasteiger partial charge on any atom is 0.385 e. The van der Waals surface area contributed by atoms with Gasteiger partial charge in [0.1, 0.15) is 0 Å². The number of hydrogen-bond donors (Lipinski definition) is 0. The molecule has 0 aromatic rings. The van der Waals surface area contributed by atoms with Gasteiger partial charge in [-0.05, 0) is 13.8 Å². The second-order valence-corrected chi connectivity index (χ2v) is 3.08. The highest BCUT2D eigenvalue weighted by atomic mass is 19.4. The first-order valence-corrected chi connectivity index (χ1v) is 4.50. The van der Waals surface area contributed by atoms with Crippen LogP contribution in [-0.4, -0.2) is 36.9 Å². The zero-order valence-corrected chi connectivity index (χ0v) is 8.85. The Hall–Kier alpha value is -0.600. The van der Waals surface area contributed by atoms with Crippen molar-refractivity contribution in [3.63, 3.8) is 0 Å². The molecular formula is C8H10F8O. The summed E-state index contributed by atoms with van der Waals surface area (Å²) in [7, 11) is 0. The van der Waals surface area contributed by atoms with Crippen LogP contribution in [0.2, 0.25) is 0 Å². The molecule has 104 valence electrons. The minimum Gasteiger partial charge on any atom is -0.382 e. The van der Waals surface area contributed by atoms with Gasteiger partial charge in [-0.1, -0.05) is 0 Å². The van der Waals surface area contributed by atoms with Crippen molar-refractivity contribution in [2.24, 2.45) is 0 Å². The molecule has 1 saturated carbocycles. The summed E-state index contributed by atoms with van der Waals surface area (Å²) < 4.78 is 97.7. The monoisotopic (exact) mass is 274 g/mol. The van der Waals surface area contributed by atoms with Crippen molar-refractivity contribution < 1.29 is 39.9 Å². The maximum atomic E-state index is 11.6. The molecule has 0 aromatic carbocycles. The van der Waals surface area contributed by atoms with Gasteiger partial charge in [0.05, 0.1) is 0 Å². The van der Waals surface area contributed by atoms with E-state index in [0.29, 0.717) is 0 Å². The Morgan fingerprint density at radius 2 is 0.765 bits per heavy atom. The lowest BCUT2D eigenvalue weighted by Gasteiger charge is -2.49. The fourth-order valence-corrected chi connectivity index (χ4v) is 0.930. The van der Waals surface area contributed by atoms with E-state index in [1.165, 1.54) is 0 Å². The number of hydrogen-bond acceptors (Lipinski definition) is 1. The van der Waals surface area contributed by atoms with Gasteiger partial charge in [-0.3, -0.25) is 0 Å². The first-order chi connectivity index (χ1) is 7.41. The van der Waals surface area contributed by atoms with E-state index in [2.05, 4.69) is 0 Å². The largest absolute Gasteiger partial charge is 0.385 e. The van der Waals surface area contributed by atoms with Crippen molar-refractivity contribution in [2.75, 3.05) is 13.2 Å². The highest BCUT2D eigenvalue weighted by Crippen LogP contribution is 2.69. The summed E-state index contributed by atoms with van der Waals surface area (Å²) >= 11 is 0. The van der Waals surface area contributed by atoms with Gasteiger partial charge in [-0.15, -0.1) is 0 Å². The quantitative estimate of drug-likeness (QED) is 0.699. The second kappa shape index (κ2) is 4.58. The molecule has 0 amide bonds. The van der Waals surface area contributed by atoms with Crippen molar-refractivity contribution in [2.45, 2.75) is 37.5 Å². The lowest BCUT2D eigenvalue weighted by molar-refractivity contribution is -0.506. The highest BCUT2D eigenvalue weighted by Gasteiger charge is 3.01. The van der Waals surface area contributed by atoms with Gasteiger partial charge < -0.3 is 4.74 Å². The Balaban J connectivity index is 0.000000437. The van der Waals surface area contributed by atoms with Crippen LogP contribution in [0.3, 0.4) is 0 Å². The van der Waals surface area contributed by atoms with E-state index in [9.17, 15) is 35.1 Å². The molecule has 1 nitrogen and oxygen atoms in total. The number of rotatable bonds is 2. The fourth-order valence-electron chi connectivity index (χ4n) is 0.930. The average molecular weight is 274 g/mol. The predicted molar refractivity (Wildman–Crippen MR) is 42.0 cm³/mol. The Morgan fingerprint density at radius 1 is 0.588 bits per heavy atom. The molecular weight excluding hydrogens is 264 g/mol. The smallest absolute Gasteiger partial charge is 0.382 e. The molecule has 0 saturated heterocycles. The zero-order valence-electron chi connectivity index (χ0n) is 8.85. The molecule has 17 heavy (non-hydrogen) atoms. The molecule has 9 heteroatoms. The van der Waals surface area contributed by atoms with Gasteiger partial charge in [-0.2, -0.15) is 35.1 Å². The summed E-state index contributed by atoms with van der Waals surface area (Å²) in [4.78, 5) is 0.